The molecule has 82 valence electrons. The minimum atomic E-state index is 0.723. The molecule has 1 heterocycles. The summed E-state index contributed by atoms with van der Waals surface area (Å²) < 4.78 is 3.08. The molecule has 0 bridgehead atoms. The van der Waals surface area contributed by atoms with Gasteiger partial charge in [0.25, 0.3) is 0 Å². The minimum absolute atomic E-state index is 0.723. The number of aldehydes is 1. The molecule has 0 saturated carbocycles. The number of hydrogen-bond donors (Lipinski definition) is 0. The van der Waals surface area contributed by atoms with Gasteiger partial charge in [-0.1, -0.05) is 28.1 Å². The van der Waals surface area contributed by atoms with Crippen LogP contribution in [0, 0.1) is 6.92 Å². The Morgan fingerprint density at radius 1 is 1.19 bits per heavy atom. The normalized spacial score (nSPS) is 10.4. The number of carbonyl (C=O) groups excluding carboxylic acids is 1. The number of aromatic nitrogens is 1. The highest BCUT2D eigenvalue weighted by Crippen LogP contribution is 2.14. The molecule has 0 atom stereocenters. The van der Waals surface area contributed by atoms with Crippen molar-refractivity contribution >= 4 is 22.2 Å². The number of aryl methyl sites for hydroxylation is 1. The van der Waals surface area contributed by atoms with Gasteiger partial charge in [0.05, 0.1) is 5.69 Å². The van der Waals surface area contributed by atoms with Gasteiger partial charge in [-0.25, -0.2) is 0 Å². The quantitative estimate of drug-likeness (QED) is 0.788. The molecule has 0 spiro atoms. The molecule has 0 N–H and O–H groups in total. The third kappa shape index (κ3) is 2.25. The lowest BCUT2D eigenvalue weighted by atomic mass is 10.2. The average Bonchev–Trinajstić information content (AvgIpc) is 2.63. The summed E-state index contributed by atoms with van der Waals surface area (Å²) in [5.41, 5.74) is 3.01. The Morgan fingerprint density at radius 3 is 2.50 bits per heavy atom. The minimum Gasteiger partial charge on any atom is -0.338 e. The maximum Gasteiger partial charge on any atom is 0.166 e. The van der Waals surface area contributed by atoms with Crippen LogP contribution < -0.4 is 0 Å². The molecular formula is C13H12BrNO. The number of halogens is 1. The number of benzene rings is 1. The van der Waals surface area contributed by atoms with Crippen molar-refractivity contribution < 1.29 is 4.79 Å². The molecule has 0 radical (unpaired) electrons. The van der Waals surface area contributed by atoms with Crippen molar-refractivity contribution in [2.24, 2.45) is 0 Å². The third-order valence-corrected chi connectivity index (χ3v) is 3.14. The second-order valence-corrected chi connectivity index (χ2v) is 4.65. The van der Waals surface area contributed by atoms with Gasteiger partial charge in [-0.15, -0.1) is 0 Å². The van der Waals surface area contributed by atoms with Crippen molar-refractivity contribution in [2.45, 2.75) is 13.5 Å². The van der Waals surface area contributed by atoms with Crippen LogP contribution in [-0.2, 0) is 6.54 Å². The van der Waals surface area contributed by atoms with E-state index in [9.17, 15) is 4.79 Å². The van der Waals surface area contributed by atoms with E-state index in [1.54, 1.807) is 0 Å². The summed E-state index contributed by atoms with van der Waals surface area (Å²) in [5.74, 6) is 0. The van der Waals surface area contributed by atoms with Crippen LogP contribution in [-0.4, -0.2) is 10.9 Å². The lowest BCUT2D eigenvalue weighted by Gasteiger charge is -2.08. The van der Waals surface area contributed by atoms with Crippen LogP contribution in [0.1, 0.15) is 21.7 Å². The zero-order chi connectivity index (χ0) is 11.5. The molecule has 0 aliphatic heterocycles. The van der Waals surface area contributed by atoms with E-state index in [4.69, 9.17) is 0 Å². The number of rotatable bonds is 3. The van der Waals surface area contributed by atoms with Crippen molar-refractivity contribution in [1.29, 1.82) is 0 Å². The Labute approximate surface area is 103 Å². The highest BCUT2D eigenvalue weighted by atomic mass is 79.9. The fourth-order valence-electron chi connectivity index (χ4n) is 1.68. The largest absolute Gasteiger partial charge is 0.338 e. The molecule has 2 nitrogen and oxygen atoms in total. The number of hydrogen-bond acceptors (Lipinski definition) is 1. The SMILES string of the molecule is Cc1ccc(C=O)n1Cc1ccc(Br)cc1. The van der Waals surface area contributed by atoms with E-state index >= 15 is 0 Å². The molecule has 1 aromatic carbocycles. The first-order valence-corrected chi connectivity index (χ1v) is 5.86. The fourth-order valence-corrected chi connectivity index (χ4v) is 1.95. The van der Waals surface area contributed by atoms with E-state index in [2.05, 4.69) is 28.1 Å². The van der Waals surface area contributed by atoms with Crippen LogP contribution in [0.3, 0.4) is 0 Å². The van der Waals surface area contributed by atoms with Gasteiger partial charge in [0, 0.05) is 16.7 Å². The summed E-state index contributed by atoms with van der Waals surface area (Å²) in [6, 6.07) is 11.9. The van der Waals surface area contributed by atoms with Crippen LogP contribution >= 0.6 is 15.9 Å². The van der Waals surface area contributed by atoms with Crippen molar-refractivity contribution in [2.75, 3.05) is 0 Å². The van der Waals surface area contributed by atoms with Crippen LogP contribution in [0.2, 0.25) is 0 Å². The van der Waals surface area contributed by atoms with Gasteiger partial charge >= 0.3 is 0 Å². The standard InChI is InChI=1S/C13H12BrNO/c1-10-2-7-13(9-16)15(10)8-11-3-5-12(14)6-4-11/h2-7,9H,8H2,1H3. The van der Waals surface area contributed by atoms with Gasteiger partial charge in [-0.2, -0.15) is 0 Å². The molecule has 2 aromatic rings. The summed E-state index contributed by atoms with van der Waals surface area (Å²) in [6.07, 6.45) is 0.895. The maximum atomic E-state index is 10.9. The van der Waals surface area contributed by atoms with Crippen LogP contribution in [0.4, 0.5) is 0 Å². The van der Waals surface area contributed by atoms with E-state index in [1.165, 1.54) is 5.56 Å². The summed E-state index contributed by atoms with van der Waals surface area (Å²) in [5, 5.41) is 0. The van der Waals surface area contributed by atoms with E-state index in [0.29, 0.717) is 0 Å². The molecule has 0 unspecified atom stereocenters. The Balaban J connectivity index is 2.29. The van der Waals surface area contributed by atoms with E-state index in [0.717, 1.165) is 28.7 Å². The van der Waals surface area contributed by atoms with E-state index in [1.807, 2.05) is 35.8 Å². The van der Waals surface area contributed by atoms with Gasteiger partial charge in [-0.05, 0) is 36.8 Å². The Hall–Kier alpha value is -1.35. The second kappa shape index (κ2) is 4.66. The molecule has 2 rings (SSSR count). The van der Waals surface area contributed by atoms with Crippen molar-refractivity contribution in [1.82, 2.24) is 4.57 Å². The van der Waals surface area contributed by atoms with E-state index < -0.39 is 0 Å². The summed E-state index contributed by atoms with van der Waals surface area (Å²) in [4.78, 5) is 10.9. The molecule has 0 amide bonds. The first-order chi connectivity index (χ1) is 7.70. The molecule has 16 heavy (non-hydrogen) atoms. The highest BCUT2D eigenvalue weighted by molar-refractivity contribution is 9.10. The van der Waals surface area contributed by atoms with Crippen molar-refractivity contribution in [3.8, 4) is 0 Å². The molecule has 0 aliphatic rings. The summed E-state index contributed by atoms with van der Waals surface area (Å²) >= 11 is 3.40. The molecule has 0 fully saturated rings. The van der Waals surface area contributed by atoms with Crippen LogP contribution in [0.25, 0.3) is 0 Å². The van der Waals surface area contributed by atoms with Crippen molar-refractivity contribution in [3.05, 3.63) is 57.8 Å². The Kier molecular flexibility index (Phi) is 3.25. The first-order valence-electron chi connectivity index (χ1n) is 5.06. The van der Waals surface area contributed by atoms with Gasteiger partial charge in [0.2, 0.25) is 0 Å². The smallest absolute Gasteiger partial charge is 0.166 e. The monoisotopic (exact) mass is 277 g/mol. The van der Waals surface area contributed by atoms with Gasteiger partial charge in [0.1, 0.15) is 0 Å². The molecule has 1 aromatic heterocycles. The fraction of sp³-hybridized carbons (Fsp3) is 0.154. The van der Waals surface area contributed by atoms with Crippen LogP contribution in [0.5, 0.6) is 0 Å². The number of nitrogens with zero attached hydrogens (tertiary/aromatic N) is 1. The maximum absolute atomic E-state index is 10.9. The Bertz CT molecular complexity index is 499. The third-order valence-electron chi connectivity index (χ3n) is 2.61. The highest BCUT2D eigenvalue weighted by Gasteiger charge is 2.04. The molecule has 0 aliphatic carbocycles. The predicted octanol–water partition coefficient (Wildman–Crippen LogP) is 3.42. The van der Waals surface area contributed by atoms with Gasteiger partial charge in [-0.3, -0.25) is 4.79 Å². The first kappa shape index (κ1) is 11.1. The van der Waals surface area contributed by atoms with Gasteiger partial charge in [0.15, 0.2) is 6.29 Å². The summed E-state index contributed by atoms with van der Waals surface area (Å²) in [7, 11) is 0. The van der Waals surface area contributed by atoms with Gasteiger partial charge < -0.3 is 4.57 Å². The average molecular weight is 278 g/mol. The lowest BCUT2D eigenvalue weighted by Crippen LogP contribution is -2.05. The zero-order valence-corrected chi connectivity index (χ0v) is 10.6. The second-order valence-electron chi connectivity index (χ2n) is 3.73. The number of carbonyl (C=O) groups is 1. The molecule has 0 saturated heterocycles. The Morgan fingerprint density at radius 2 is 1.88 bits per heavy atom. The molecular weight excluding hydrogens is 266 g/mol. The van der Waals surface area contributed by atoms with Crippen molar-refractivity contribution in [3.63, 3.8) is 0 Å². The summed E-state index contributed by atoms with van der Waals surface area (Å²) in [6.45, 7) is 2.74. The lowest BCUT2D eigenvalue weighted by molar-refractivity contribution is 0.111. The molecule has 3 heteroatoms. The predicted molar refractivity (Wildman–Crippen MR) is 67.8 cm³/mol. The van der Waals surface area contributed by atoms with E-state index in [-0.39, 0.29) is 0 Å². The van der Waals surface area contributed by atoms with Crippen LogP contribution in [0.15, 0.2) is 40.9 Å². The topological polar surface area (TPSA) is 22.0 Å². The zero-order valence-electron chi connectivity index (χ0n) is 8.98.